The SMILES string of the molecule is COCC(CO)(C1CC1)N1CCCNCC1. The third-order valence-electron chi connectivity index (χ3n) is 3.98. The van der Waals surface area contributed by atoms with Crippen molar-refractivity contribution in [3.63, 3.8) is 0 Å². The van der Waals surface area contributed by atoms with Crippen molar-refractivity contribution in [3.05, 3.63) is 0 Å². The summed E-state index contributed by atoms with van der Waals surface area (Å²) in [4.78, 5) is 2.45. The number of aliphatic hydroxyl groups is 1. The van der Waals surface area contributed by atoms with Gasteiger partial charge >= 0.3 is 0 Å². The summed E-state index contributed by atoms with van der Waals surface area (Å²) in [5.74, 6) is 0.635. The van der Waals surface area contributed by atoms with Crippen molar-refractivity contribution in [1.29, 1.82) is 0 Å². The summed E-state index contributed by atoms with van der Waals surface area (Å²) in [6.45, 7) is 5.11. The molecule has 4 nitrogen and oxygen atoms in total. The van der Waals surface area contributed by atoms with Crippen LogP contribution in [0.5, 0.6) is 0 Å². The van der Waals surface area contributed by atoms with E-state index in [1.807, 2.05) is 0 Å². The predicted molar refractivity (Wildman–Crippen MR) is 63.5 cm³/mol. The molecule has 94 valence electrons. The molecule has 4 heteroatoms. The zero-order chi connectivity index (χ0) is 11.4. The van der Waals surface area contributed by atoms with Crippen LogP contribution in [0.25, 0.3) is 0 Å². The molecule has 2 N–H and O–H groups in total. The smallest absolute Gasteiger partial charge is 0.0704 e. The van der Waals surface area contributed by atoms with E-state index in [2.05, 4.69) is 10.2 Å². The molecule has 0 aromatic carbocycles. The van der Waals surface area contributed by atoms with Gasteiger partial charge in [0.05, 0.1) is 18.8 Å². The lowest BCUT2D eigenvalue weighted by molar-refractivity contribution is -0.0391. The molecule has 16 heavy (non-hydrogen) atoms. The Morgan fingerprint density at radius 1 is 1.38 bits per heavy atom. The molecule has 0 aromatic heterocycles. The molecule has 2 rings (SSSR count). The van der Waals surface area contributed by atoms with Gasteiger partial charge in [-0.15, -0.1) is 0 Å². The molecule has 0 spiro atoms. The number of hydrogen-bond acceptors (Lipinski definition) is 4. The van der Waals surface area contributed by atoms with Crippen LogP contribution in [0.4, 0.5) is 0 Å². The summed E-state index contributed by atoms with van der Waals surface area (Å²) in [6.07, 6.45) is 3.65. The van der Waals surface area contributed by atoms with Crippen LogP contribution in [0, 0.1) is 5.92 Å². The van der Waals surface area contributed by atoms with Gasteiger partial charge in [0.15, 0.2) is 0 Å². The molecule has 1 aliphatic heterocycles. The van der Waals surface area contributed by atoms with Crippen molar-refractivity contribution >= 4 is 0 Å². The minimum Gasteiger partial charge on any atom is -0.394 e. The molecule has 0 amide bonds. The summed E-state index contributed by atoms with van der Waals surface area (Å²) in [6, 6.07) is 0. The fourth-order valence-electron chi connectivity index (χ4n) is 2.90. The highest BCUT2D eigenvalue weighted by atomic mass is 16.5. The van der Waals surface area contributed by atoms with Crippen LogP contribution in [-0.2, 0) is 4.74 Å². The summed E-state index contributed by atoms with van der Waals surface area (Å²) >= 11 is 0. The van der Waals surface area contributed by atoms with Crippen LogP contribution in [0.15, 0.2) is 0 Å². The minimum absolute atomic E-state index is 0.110. The molecular formula is C12H24N2O2. The molecule has 0 bridgehead atoms. The minimum atomic E-state index is -0.110. The van der Waals surface area contributed by atoms with Crippen molar-refractivity contribution in [2.24, 2.45) is 5.92 Å². The quantitative estimate of drug-likeness (QED) is 0.699. The highest BCUT2D eigenvalue weighted by Gasteiger charge is 2.48. The van der Waals surface area contributed by atoms with Crippen LogP contribution in [0.1, 0.15) is 19.3 Å². The molecule has 0 radical (unpaired) electrons. The van der Waals surface area contributed by atoms with Crippen LogP contribution >= 0.6 is 0 Å². The maximum absolute atomic E-state index is 9.82. The van der Waals surface area contributed by atoms with E-state index in [9.17, 15) is 5.11 Å². The monoisotopic (exact) mass is 228 g/mol. The Balaban J connectivity index is 2.08. The molecule has 1 unspecified atom stereocenters. The third-order valence-corrected chi connectivity index (χ3v) is 3.98. The molecular weight excluding hydrogens is 204 g/mol. The third kappa shape index (κ3) is 2.40. The molecule has 2 fully saturated rings. The second kappa shape index (κ2) is 5.45. The second-order valence-corrected chi connectivity index (χ2v) is 5.06. The number of aliphatic hydroxyl groups excluding tert-OH is 1. The summed E-state index contributed by atoms with van der Waals surface area (Å²) < 4.78 is 5.37. The first kappa shape index (κ1) is 12.3. The Hall–Kier alpha value is -0.160. The van der Waals surface area contributed by atoms with Gasteiger partial charge in [-0.2, -0.15) is 0 Å². The Bertz CT molecular complexity index is 213. The van der Waals surface area contributed by atoms with E-state index in [-0.39, 0.29) is 12.1 Å². The topological polar surface area (TPSA) is 44.7 Å². The molecule has 2 aliphatic rings. The first-order chi connectivity index (χ1) is 7.83. The van der Waals surface area contributed by atoms with Crippen molar-refractivity contribution < 1.29 is 9.84 Å². The Kier molecular flexibility index (Phi) is 4.19. The van der Waals surface area contributed by atoms with Gasteiger partial charge in [-0.1, -0.05) is 0 Å². The van der Waals surface area contributed by atoms with Gasteiger partial charge in [-0.05, 0) is 31.7 Å². The van der Waals surface area contributed by atoms with Crippen molar-refractivity contribution in [2.75, 3.05) is 46.5 Å². The lowest BCUT2D eigenvalue weighted by Gasteiger charge is -2.42. The Morgan fingerprint density at radius 3 is 2.81 bits per heavy atom. The molecule has 1 heterocycles. The number of hydrogen-bond donors (Lipinski definition) is 2. The Labute approximate surface area is 98.0 Å². The van der Waals surface area contributed by atoms with Crippen molar-refractivity contribution in [3.8, 4) is 0 Å². The van der Waals surface area contributed by atoms with E-state index in [4.69, 9.17) is 4.74 Å². The fraction of sp³-hybridized carbons (Fsp3) is 1.00. The number of nitrogens with one attached hydrogen (secondary N) is 1. The van der Waals surface area contributed by atoms with E-state index < -0.39 is 0 Å². The second-order valence-electron chi connectivity index (χ2n) is 5.06. The van der Waals surface area contributed by atoms with Gasteiger partial charge in [0.25, 0.3) is 0 Å². The van der Waals surface area contributed by atoms with Crippen LogP contribution in [-0.4, -0.2) is 62.0 Å². The van der Waals surface area contributed by atoms with E-state index >= 15 is 0 Å². The van der Waals surface area contributed by atoms with Gasteiger partial charge in [0, 0.05) is 26.7 Å². The predicted octanol–water partition coefficient (Wildman–Crippen LogP) is 0.0692. The number of nitrogens with zero attached hydrogens (tertiary/aromatic N) is 1. The largest absolute Gasteiger partial charge is 0.394 e. The average molecular weight is 228 g/mol. The highest BCUT2D eigenvalue weighted by molar-refractivity contribution is 5.03. The van der Waals surface area contributed by atoms with Crippen LogP contribution in [0.3, 0.4) is 0 Å². The molecule has 1 saturated carbocycles. The number of methoxy groups -OCH3 is 1. The maximum atomic E-state index is 9.82. The van der Waals surface area contributed by atoms with E-state index in [0.29, 0.717) is 12.5 Å². The zero-order valence-corrected chi connectivity index (χ0v) is 10.2. The summed E-state index contributed by atoms with van der Waals surface area (Å²) in [5, 5.41) is 13.2. The van der Waals surface area contributed by atoms with Gasteiger partial charge in [0.2, 0.25) is 0 Å². The summed E-state index contributed by atoms with van der Waals surface area (Å²) in [7, 11) is 1.74. The fourth-order valence-corrected chi connectivity index (χ4v) is 2.90. The standard InChI is InChI=1S/C12H24N2O2/c1-16-10-12(9-15,11-3-4-11)14-7-2-5-13-6-8-14/h11,13,15H,2-10H2,1H3. The zero-order valence-electron chi connectivity index (χ0n) is 10.2. The maximum Gasteiger partial charge on any atom is 0.0704 e. The highest BCUT2D eigenvalue weighted by Crippen LogP contribution is 2.43. The number of rotatable bonds is 5. The van der Waals surface area contributed by atoms with E-state index in [0.717, 1.165) is 32.6 Å². The molecule has 1 aliphatic carbocycles. The van der Waals surface area contributed by atoms with Crippen molar-refractivity contribution in [2.45, 2.75) is 24.8 Å². The van der Waals surface area contributed by atoms with Crippen LogP contribution in [0.2, 0.25) is 0 Å². The Morgan fingerprint density at radius 2 is 2.19 bits per heavy atom. The average Bonchev–Trinajstić information content (AvgIpc) is 3.12. The lowest BCUT2D eigenvalue weighted by Crippen LogP contribution is -2.57. The van der Waals surface area contributed by atoms with Gasteiger partial charge in [0.1, 0.15) is 0 Å². The molecule has 1 saturated heterocycles. The van der Waals surface area contributed by atoms with Gasteiger partial charge in [-0.25, -0.2) is 0 Å². The van der Waals surface area contributed by atoms with Gasteiger partial charge < -0.3 is 15.2 Å². The molecule has 1 atom stereocenters. The van der Waals surface area contributed by atoms with E-state index in [1.165, 1.54) is 12.8 Å². The molecule has 0 aromatic rings. The summed E-state index contributed by atoms with van der Waals surface area (Å²) in [5.41, 5.74) is -0.110. The first-order valence-electron chi connectivity index (χ1n) is 6.39. The van der Waals surface area contributed by atoms with Crippen molar-refractivity contribution in [1.82, 2.24) is 10.2 Å². The lowest BCUT2D eigenvalue weighted by atomic mass is 9.92. The first-order valence-corrected chi connectivity index (χ1v) is 6.39. The van der Waals surface area contributed by atoms with Crippen LogP contribution < -0.4 is 5.32 Å². The number of ether oxygens (including phenoxy) is 1. The van der Waals surface area contributed by atoms with Gasteiger partial charge in [-0.3, -0.25) is 4.90 Å². The van der Waals surface area contributed by atoms with E-state index in [1.54, 1.807) is 7.11 Å². The normalized spacial score (nSPS) is 27.4.